The number of nitrogens with zero attached hydrogens (tertiary/aromatic N) is 1. The summed E-state index contributed by atoms with van der Waals surface area (Å²) in [6, 6.07) is 6.18. The van der Waals surface area contributed by atoms with Gasteiger partial charge in [0.2, 0.25) is 0 Å². The van der Waals surface area contributed by atoms with Crippen LogP contribution in [0.5, 0.6) is 0 Å². The third kappa shape index (κ3) is 2.86. The molecule has 0 saturated heterocycles. The number of rotatable bonds is 3. The molecule has 0 heterocycles. The predicted octanol–water partition coefficient (Wildman–Crippen LogP) is 1.85. The van der Waals surface area contributed by atoms with E-state index < -0.39 is 0 Å². The summed E-state index contributed by atoms with van der Waals surface area (Å²) in [7, 11) is 1.76. The molecular formula is C10H12FNO. The minimum atomic E-state index is -0.284. The van der Waals surface area contributed by atoms with Crippen LogP contribution < -0.4 is 4.90 Å². The van der Waals surface area contributed by atoms with E-state index in [1.807, 2.05) is 0 Å². The van der Waals surface area contributed by atoms with Crippen molar-refractivity contribution in [3.05, 3.63) is 30.1 Å². The summed E-state index contributed by atoms with van der Waals surface area (Å²) in [6.45, 7) is 1.82. The SMILES string of the molecule is CC(=O)CN(C)c1cccc(F)c1. The topological polar surface area (TPSA) is 20.3 Å². The standard InChI is InChI=1S/C10H12FNO/c1-8(13)7-12(2)10-5-3-4-9(11)6-10/h3-6H,7H2,1-2H3. The minimum absolute atomic E-state index is 0.0618. The summed E-state index contributed by atoms with van der Waals surface area (Å²) in [5.74, 6) is -0.223. The van der Waals surface area contributed by atoms with Gasteiger partial charge in [-0.05, 0) is 25.1 Å². The number of hydrogen-bond donors (Lipinski definition) is 0. The van der Waals surface area contributed by atoms with Crippen molar-refractivity contribution in [3.63, 3.8) is 0 Å². The van der Waals surface area contributed by atoms with E-state index in [-0.39, 0.29) is 11.6 Å². The lowest BCUT2D eigenvalue weighted by atomic mass is 10.3. The number of anilines is 1. The number of hydrogen-bond acceptors (Lipinski definition) is 2. The second-order valence-electron chi connectivity index (χ2n) is 3.04. The van der Waals surface area contributed by atoms with Gasteiger partial charge in [-0.1, -0.05) is 6.07 Å². The highest BCUT2D eigenvalue weighted by Crippen LogP contribution is 2.13. The maximum atomic E-state index is 12.8. The van der Waals surface area contributed by atoms with Crippen molar-refractivity contribution in [2.75, 3.05) is 18.5 Å². The molecule has 0 bridgehead atoms. The summed E-state index contributed by atoms with van der Waals surface area (Å²) in [5, 5.41) is 0. The molecule has 0 aliphatic rings. The number of benzene rings is 1. The van der Waals surface area contributed by atoms with E-state index >= 15 is 0 Å². The fraction of sp³-hybridized carbons (Fsp3) is 0.300. The van der Waals surface area contributed by atoms with Crippen LogP contribution in [0.3, 0.4) is 0 Å². The monoisotopic (exact) mass is 181 g/mol. The molecule has 0 atom stereocenters. The predicted molar refractivity (Wildman–Crippen MR) is 50.4 cm³/mol. The molecule has 0 amide bonds. The second-order valence-corrected chi connectivity index (χ2v) is 3.04. The summed E-state index contributed by atoms with van der Waals surface area (Å²) < 4.78 is 12.8. The van der Waals surface area contributed by atoms with Gasteiger partial charge in [-0.15, -0.1) is 0 Å². The Bertz CT molecular complexity index is 312. The Balaban J connectivity index is 2.76. The van der Waals surface area contributed by atoms with Gasteiger partial charge < -0.3 is 4.90 Å². The van der Waals surface area contributed by atoms with Crippen molar-refractivity contribution in [2.45, 2.75) is 6.92 Å². The van der Waals surface area contributed by atoms with Gasteiger partial charge in [0.15, 0.2) is 0 Å². The third-order valence-electron chi connectivity index (χ3n) is 1.71. The first-order chi connectivity index (χ1) is 6.09. The van der Waals surface area contributed by atoms with Crippen molar-refractivity contribution in [1.29, 1.82) is 0 Å². The molecule has 0 aliphatic heterocycles. The first-order valence-corrected chi connectivity index (χ1v) is 4.06. The molecule has 0 aromatic heterocycles. The Morgan fingerprint density at radius 1 is 1.54 bits per heavy atom. The van der Waals surface area contributed by atoms with Gasteiger partial charge in [0.25, 0.3) is 0 Å². The quantitative estimate of drug-likeness (QED) is 0.709. The summed E-state index contributed by atoms with van der Waals surface area (Å²) in [4.78, 5) is 12.5. The molecule has 3 heteroatoms. The van der Waals surface area contributed by atoms with Crippen molar-refractivity contribution < 1.29 is 9.18 Å². The number of carbonyl (C=O) groups is 1. The number of likely N-dealkylation sites (N-methyl/N-ethyl adjacent to an activating group) is 1. The Kier molecular flexibility index (Phi) is 3.01. The number of carbonyl (C=O) groups excluding carboxylic acids is 1. The van der Waals surface area contributed by atoms with Crippen LogP contribution in [0.1, 0.15) is 6.92 Å². The van der Waals surface area contributed by atoms with Gasteiger partial charge in [0.05, 0.1) is 6.54 Å². The summed E-state index contributed by atoms with van der Waals surface area (Å²) in [5.41, 5.74) is 0.718. The van der Waals surface area contributed by atoms with E-state index in [0.29, 0.717) is 6.54 Å². The van der Waals surface area contributed by atoms with Crippen LogP contribution in [0.25, 0.3) is 0 Å². The second kappa shape index (κ2) is 4.03. The molecule has 13 heavy (non-hydrogen) atoms. The zero-order chi connectivity index (χ0) is 9.84. The number of ketones is 1. The van der Waals surface area contributed by atoms with Crippen LogP contribution in [-0.2, 0) is 4.79 Å². The van der Waals surface area contributed by atoms with Crippen LogP contribution >= 0.6 is 0 Å². The highest BCUT2D eigenvalue weighted by Gasteiger charge is 2.03. The number of halogens is 1. The van der Waals surface area contributed by atoms with E-state index in [4.69, 9.17) is 0 Å². The molecule has 2 nitrogen and oxygen atoms in total. The van der Waals surface area contributed by atoms with Crippen molar-refractivity contribution >= 4 is 11.5 Å². The average molecular weight is 181 g/mol. The fourth-order valence-corrected chi connectivity index (χ4v) is 1.14. The molecule has 1 rings (SSSR count). The molecule has 0 fully saturated rings. The first-order valence-electron chi connectivity index (χ1n) is 4.06. The maximum absolute atomic E-state index is 12.8. The maximum Gasteiger partial charge on any atom is 0.149 e. The summed E-state index contributed by atoms with van der Waals surface area (Å²) >= 11 is 0. The van der Waals surface area contributed by atoms with E-state index in [1.54, 1.807) is 24.1 Å². The van der Waals surface area contributed by atoms with Gasteiger partial charge in [-0.2, -0.15) is 0 Å². The lowest BCUT2D eigenvalue weighted by Gasteiger charge is -2.17. The third-order valence-corrected chi connectivity index (χ3v) is 1.71. The smallest absolute Gasteiger partial charge is 0.149 e. The van der Waals surface area contributed by atoms with Crippen LogP contribution in [0.15, 0.2) is 24.3 Å². The zero-order valence-corrected chi connectivity index (χ0v) is 7.75. The molecule has 70 valence electrons. The van der Waals surface area contributed by atoms with Crippen molar-refractivity contribution in [2.24, 2.45) is 0 Å². The molecule has 1 aromatic rings. The highest BCUT2D eigenvalue weighted by molar-refractivity contribution is 5.80. The Hall–Kier alpha value is -1.38. The molecular weight excluding hydrogens is 169 g/mol. The molecule has 0 aliphatic carbocycles. The van der Waals surface area contributed by atoms with E-state index in [9.17, 15) is 9.18 Å². The van der Waals surface area contributed by atoms with Crippen LogP contribution in [0.2, 0.25) is 0 Å². The van der Waals surface area contributed by atoms with E-state index in [1.165, 1.54) is 19.1 Å². The minimum Gasteiger partial charge on any atom is -0.367 e. The first kappa shape index (κ1) is 9.71. The van der Waals surface area contributed by atoms with Crippen molar-refractivity contribution in [3.8, 4) is 0 Å². The van der Waals surface area contributed by atoms with Crippen molar-refractivity contribution in [1.82, 2.24) is 0 Å². The lowest BCUT2D eigenvalue weighted by molar-refractivity contribution is -0.115. The Morgan fingerprint density at radius 2 is 2.23 bits per heavy atom. The largest absolute Gasteiger partial charge is 0.367 e. The fourth-order valence-electron chi connectivity index (χ4n) is 1.14. The average Bonchev–Trinajstić information content (AvgIpc) is 2.03. The Labute approximate surface area is 77.0 Å². The van der Waals surface area contributed by atoms with Gasteiger partial charge >= 0.3 is 0 Å². The molecule has 0 saturated carbocycles. The molecule has 0 N–H and O–H groups in total. The van der Waals surface area contributed by atoms with Gasteiger partial charge in [0.1, 0.15) is 11.6 Å². The summed E-state index contributed by atoms with van der Waals surface area (Å²) in [6.07, 6.45) is 0. The van der Waals surface area contributed by atoms with Crippen LogP contribution in [-0.4, -0.2) is 19.4 Å². The van der Waals surface area contributed by atoms with Gasteiger partial charge in [0, 0.05) is 12.7 Å². The normalized spacial score (nSPS) is 9.77. The zero-order valence-electron chi connectivity index (χ0n) is 7.75. The van der Waals surface area contributed by atoms with E-state index in [0.717, 1.165) is 5.69 Å². The number of Topliss-reactive ketones (excluding diaryl/α,β-unsaturated/α-hetero) is 1. The van der Waals surface area contributed by atoms with Gasteiger partial charge in [-0.25, -0.2) is 4.39 Å². The molecule has 1 aromatic carbocycles. The Morgan fingerprint density at radius 3 is 2.77 bits per heavy atom. The molecule has 0 spiro atoms. The molecule has 0 radical (unpaired) electrons. The van der Waals surface area contributed by atoms with Gasteiger partial charge in [-0.3, -0.25) is 4.79 Å². The van der Waals surface area contributed by atoms with Crippen LogP contribution in [0.4, 0.5) is 10.1 Å². The van der Waals surface area contributed by atoms with E-state index in [2.05, 4.69) is 0 Å². The molecule has 0 unspecified atom stereocenters. The highest BCUT2D eigenvalue weighted by atomic mass is 19.1. The van der Waals surface area contributed by atoms with Crippen LogP contribution in [0, 0.1) is 5.82 Å². The lowest BCUT2D eigenvalue weighted by Crippen LogP contribution is -2.23.